The third-order valence-electron chi connectivity index (χ3n) is 6.69. The van der Waals surface area contributed by atoms with Crippen molar-refractivity contribution in [3.05, 3.63) is 64.2 Å². The Morgan fingerprint density at radius 1 is 1.21 bits per heavy atom. The van der Waals surface area contributed by atoms with E-state index in [1.807, 2.05) is 10.6 Å². The van der Waals surface area contributed by atoms with Crippen molar-refractivity contribution in [3.8, 4) is 22.9 Å². The molecule has 38 heavy (non-hydrogen) atoms. The first kappa shape index (κ1) is 24.6. The summed E-state index contributed by atoms with van der Waals surface area (Å²) in [6, 6.07) is 8.04. The van der Waals surface area contributed by atoms with E-state index in [1.165, 1.54) is 18.6 Å². The Morgan fingerprint density at radius 3 is 2.82 bits per heavy atom. The van der Waals surface area contributed by atoms with E-state index in [0.717, 1.165) is 16.9 Å². The van der Waals surface area contributed by atoms with Crippen molar-refractivity contribution in [2.24, 2.45) is 0 Å². The summed E-state index contributed by atoms with van der Waals surface area (Å²) >= 11 is 7.10. The second-order valence-corrected chi connectivity index (χ2v) is 10.7. The Bertz CT molecular complexity index is 1600. The molecular formula is C25H22ClFN8O2S. The zero-order chi connectivity index (χ0) is 26.2. The molecule has 0 radical (unpaired) electrons. The highest BCUT2D eigenvalue weighted by atomic mass is 35.5. The third-order valence-corrected chi connectivity index (χ3v) is 7.81. The number of H-pyrrole nitrogens is 1. The van der Waals surface area contributed by atoms with E-state index in [2.05, 4.69) is 30.5 Å². The molecule has 1 unspecified atom stereocenters. The molecule has 1 amide bonds. The first-order valence-corrected chi connectivity index (χ1v) is 13.1. The van der Waals surface area contributed by atoms with Crippen LogP contribution in [0.3, 0.4) is 0 Å². The molecule has 1 fully saturated rings. The van der Waals surface area contributed by atoms with Crippen LogP contribution in [0.25, 0.3) is 33.9 Å². The summed E-state index contributed by atoms with van der Waals surface area (Å²) in [4.78, 5) is 30.5. The van der Waals surface area contributed by atoms with Crippen molar-refractivity contribution in [3.63, 3.8) is 0 Å². The van der Waals surface area contributed by atoms with E-state index < -0.39 is 0 Å². The van der Waals surface area contributed by atoms with Gasteiger partial charge in [-0.05, 0) is 37.5 Å². The van der Waals surface area contributed by atoms with Crippen LogP contribution in [-0.2, 0) is 4.74 Å². The van der Waals surface area contributed by atoms with Gasteiger partial charge < -0.3 is 14.6 Å². The Kier molecular flexibility index (Phi) is 6.60. The molecule has 4 aromatic heterocycles. The molecule has 0 spiro atoms. The fourth-order valence-corrected chi connectivity index (χ4v) is 5.84. The standard InChI is InChI=1S/C25H22ClFN8O2S/c1-37-15-7-13(32-24(36)25-29-11-21(26)38-25)6-14(8-15)35-20-9-18(22-30-12-31-34-22)28-10-19(20)33-23(35)16-4-2-3-5-17(16)27/h2-5,9-15H,6-8H2,1H3,(H,32,36)(H,30,31,34)/t13-,14+,15?/m1/s1. The fraction of sp³-hybridized carbons (Fsp3) is 0.280. The maximum Gasteiger partial charge on any atom is 0.280 e. The number of carbonyl (C=O) groups is 1. The SMILES string of the molecule is COC1C[C@H](NC(=O)c2ncc(Cl)s2)C[C@H](n2c(-c3ccccc3F)nc3cnc(-c4ncn[nH]4)cc32)C1. The lowest BCUT2D eigenvalue weighted by Gasteiger charge is -2.36. The molecule has 2 N–H and O–H groups in total. The van der Waals surface area contributed by atoms with Gasteiger partial charge in [-0.3, -0.25) is 14.9 Å². The predicted octanol–water partition coefficient (Wildman–Crippen LogP) is 4.67. The number of amides is 1. The molecular weight excluding hydrogens is 531 g/mol. The molecule has 1 aliphatic carbocycles. The van der Waals surface area contributed by atoms with Gasteiger partial charge in [-0.15, -0.1) is 0 Å². The molecule has 1 aromatic carbocycles. The molecule has 5 aromatic rings. The number of methoxy groups -OCH3 is 1. The monoisotopic (exact) mass is 552 g/mol. The van der Waals surface area contributed by atoms with Crippen LogP contribution < -0.4 is 5.32 Å². The minimum absolute atomic E-state index is 0.138. The van der Waals surface area contributed by atoms with E-state index in [1.54, 1.807) is 31.5 Å². The number of nitrogens with zero attached hydrogens (tertiary/aromatic N) is 6. The number of aromatic amines is 1. The highest BCUT2D eigenvalue weighted by Gasteiger charge is 2.34. The Morgan fingerprint density at radius 2 is 2.08 bits per heavy atom. The summed E-state index contributed by atoms with van der Waals surface area (Å²) in [7, 11) is 1.66. The van der Waals surface area contributed by atoms with Crippen molar-refractivity contribution < 1.29 is 13.9 Å². The summed E-state index contributed by atoms with van der Waals surface area (Å²) in [5.74, 6) is 0.326. The number of hydrogen-bond acceptors (Lipinski definition) is 8. The van der Waals surface area contributed by atoms with Gasteiger partial charge in [-0.1, -0.05) is 35.1 Å². The van der Waals surface area contributed by atoms with Crippen LogP contribution in [0.4, 0.5) is 4.39 Å². The molecule has 0 bridgehead atoms. The largest absolute Gasteiger partial charge is 0.381 e. The van der Waals surface area contributed by atoms with Gasteiger partial charge >= 0.3 is 0 Å². The van der Waals surface area contributed by atoms with E-state index in [9.17, 15) is 4.79 Å². The number of pyridine rings is 1. The molecule has 1 aliphatic rings. The molecule has 4 heterocycles. The number of halogens is 2. The number of ether oxygens (including phenoxy) is 1. The smallest absolute Gasteiger partial charge is 0.280 e. The van der Waals surface area contributed by atoms with Gasteiger partial charge in [0.05, 0.1) is 29.6 Å². The van der Waals surface area contributed by atoms with Crippen LogP contribution in [0.1, 0.15) is 35.1 Å². The van der Waals surface area contributed by atoms with Gasteiger partial charge in [0.2, 0.25) is 0 Å². The topological polar surface area (TPSA) is 124 Å². The molecule has 194 valence electrons. The maximum atomic E-state index is 15.0. The minimum atomic E-state index is -0.378. The van der Waals surface area contributed by atoms with E-state index in [4.69, 9.17) is 21.3 Å². The van der Waals surface area contributed by atoms with Crippen LogP contribution in [0, 0.1) is 5.82 Å². The molecule has 6 rings (SSSR count). The number of benzene rings is 1. The second-order valence-electron chi connectivity index (χ2n) is 9.04. The zero-order valence-corrected chi connectivity index (χ0v) is 21.7. The van der Waals surface area contributed by atoms with E-state index in [-0.39, 0.29) is 29.9 Å². The highest BCUT2D eigenvalue weighted by Crippen LogP contribution is 2.38. The Labute approximate surface area is 225 Å². The van der Waals surface area contributed by atoms with Crippen molar-refractivity contribution in [2.45, 2.75) is 37.5 Å². The van der Waals surface area contributed by atoms with Gasteiger partial charge in [-0.25, -0.2) is 19.3 Å². The predicted molar refractivity (Wildman–Crippen MR) is 140 cm³/mol. The molecule has 10 nitrogen and oxygen atoms in total. The van der Waals surface area contributed by atoms with Gasteiger partial charge in [0.1, 0.15) is 33.5 Å². The summed E-state index contributed by atoms with van der Waals surface area (Å²) < 4.78 is 23.3. The highest BCUT2D eigenvalue weighted by molar-refractivity contribution is 7.17. The summed E-state index contributed by atoms with van der Waals surface area (Å²) in [5, 5.41) is 10.1. The second kappa shape index (κ2) is 10.2. The van der Waals surface area contributed by atoms with Gasteiger partial charge in [-0.2, -0.15) is 5.10 Å². The van der Waals surface area contributed by atoms with Crippen molar-refractivity contribution in [1.29, 1.82) is 0 Å². The van der Waals surface area contributed by atoms with Crippen molar-refractivity contribution in [2.75, 3.05) is 7.11 Å². The van der Waals surface area contributed by atoms with Gasteiger partial charge in [0, 0.05) is 19.2 Å². The Hall–Kier alpha value is -3.74. The number of hydrogen-bond donors (Lipinski definition) is 2. The number of rotatable bonds is 6. The van der Waals surface area contributed by atoms with Crippen molar-refractivity contribution in [1.82, 2.24) is 40.0 Å². The molecule has 0 saturated heterocycles. The van der Waals surface area contributed by atoms with Crippen LogP contribution in [0.15, 0.2) is 49.1 Å². The lowest BCUT2D eigenvalue weighted by molar-refractivity contribution is 0.0398. The zero-order valence-electron chi connectivity index (χ0n) is 20.1. The number of imidazole rings is 1. The summed E-state index contributed by atoms with van der Waals surface area (Å²) in [6.45, 7) is 0. The number of aromatic nitrogens is 7. The molecule has 0 aliphatic heterocycles. The number of thiazole rings is 1. The lowest BCUT2D eigenvalue weighted by atomic mass is 9.88. The normalized spacial score (nSPS) is 19.6. The van der Waals surface area contributed by atoms with Gasteiger partial charge in [0.15, 0.2) is 10.8 Å². The number of nitrogens with one attached hydrogen (secondary N) is 2. The van der Waals surface area contributed by atoms with E-state index in [0.29, 0.717) is 57.0 Å². The summed E-state index contributed by atoms with van der Waals surface area (Å²) in [5.41, 5.74) is 2.34. The average molecular weight is 553 g/mol. The average Bonchev–Trinajstić information content (AvgIpc) is 3.68. The van der Waals surface area contributed by atoms with Crippen LogP contribution >= 0.6 is 22.9 Å². The first-order chi connectivity index (χ1) is 18.5. The quantitative estimate of drug-likeness (QED) is 0.314. The summed E-state index contributed by atoms with van der Waals surface area (Å²) in [6.07, 6.45) is 6.25. The Balaban J connectivity index is 1.43. The van der Waals surface area contributed by atoms with Crippen LogP contribution in [-0.4, -0.2) is 59.9 Å². The minimum Gasteiger partial charge on any atom is -0.381 e. The van der Waals surface area contributed by atoms with E-state index >= 15 is 4.39 Å². The molecule has 1 saturated carbocycles. The molecule has 3 atom stereocenters. The van der Waals surface area contributed by atoms with Crippen LogP contribution in [0.2, 0.25) is 4.34 Å². The number of fused-ring (bicyclic) bond motifs is 1. The number of carbonyl (C=O) groups excluding carboxylic acids is 1. The first-order valence-electron chi connectivity index (χ1n) is 11.9. The molecule has 13 heteroatoms. The maximum absolute atomic E-state index is 15.0. The van der Waals surface area contributed by atoms with Crippen molar-refractivity contribution >= 4 is 39.9 Å². The van der Waals surface area contributed by atoms with Gasteiger partial charge in [0.25, 0.3) is 5.91 Å². The lowest BCUT2D eigenvalue weighted by Crippen LogP contribution is -2.43. The third kappa shape index (κ3) is 4.66. The van der Waals surface area contributed by atoms with Crippen LogP contribution in [0.5, 0.6) is 0 Å². The fourth-order valence-electron chi connectivity index (χ4n) is 5.02.